The number of morpholine rings is 1. The second kappa shape index (κ2) is 5.45. The topological polar surface area (TPSA) is 41.7 Å². The summed E-state index contributed by atoms with van der Waals surface area (Å²) in [7, 11) is 0. The average molecular weight is 255 g/mol. The van der Waals surface area contributed by atoms with Gasteiger partial charge in [0, 0.05) is 44.3 Å². The summed E-state index contributed by atoms with van der Waals surface area (Å²) in [5.41, 5.74) is 6.36. The molecule has 0 aromatic rings. The molecule has 4 nitrogen and oxygen atoms in total. The normalized spacial score (nSPS) is 29.8. The van der Waals surface area contributed by atoms with Crippen molar-refractivity contribution in [1.82, 2.24) is 9.80 Å². The third kappa shape index (κ3) is 3.05. The van der Waals surface area contributed by atoms with Crippen LogP contribution in [0.25, 0.3) is 0 Å². The second-order valence-corrected chi connectivity index (χ2v) is 6.64. The van der Waals surface area contributed by atoms with E-state index in [1.54, 1.807) is 0 Å². The van der Waals surface area contributed by atoms with Gasteiger partial charge in [-0.15, -0.1) is 0 Å². The Kier molecular flexibility index (Phi) is 4.32. The molecule has 1 unspecified atom stereocenters. The molecule has 18 heavy (non-hydrogen) atoms. The number of hydrogen-bond donors (Lipinski definition) is 1. The van der Waals surface area contributed by atoms with Gasteiger partial charge in [0.2, 0.25) is 0 Å². The molecule has 0 aliphatic carbocycles. The van der Waals surface area contributed by atoms with E-state index in [0.29, 0.717) is 18.1 Å². The molecule has 2 heterocycles. The molecule has 0 radical (unpaired) electrons. The Morgan fingerprint density at radius 3 is 2.50 bits per heavy atom. The van der Waals surface area contributed by atoms with Crippen molar-refractivity contribution >= 4 is 0 Å². The molecule has 1 atom stereocenters. The van der Waals surface area contributed by atoms with Gasteiger partial charge in [-0.3, -0.25) is 9.80 Å². The minimum Gasteiger partial charge on any atom is -0.374 e. The monoisotopic (exact) mass is 255 g/mol. The lowest BCUT2D eigenvalue weighted by Crippen LogP contribution is -2.71. The molecule has 0 saturated carbocycles. The summed E-state index contributed by atoms with van der Waals surface area (Å²) >= 11 is 0. The third-order valence-electron chi connectivity index (χ3n) is 4.55. The lowest BCUT2D eigenvalue weighted by atomic mass is 9.80. The molecule has 106 valence electrons. The van der Waals surface area contributed by atoms with Crippen LogP contribution in [0.4, 0.5) is 0 Å². The predicted molar refractivity (Wildman–Crippen MR) is 74.6 cm³/mol. The highest BCUT2D eigenvalue weighted by atomic mass is 16.5. The van der Waals surface area contributed by atoms with Crippen LogP contribution < -0.4 is 5.73 Å². The number of ether oxygens (including phenoxy) is 1. The standard InChI is InChI=1S/C14H29N3O/c1-11(2)14(15)9-16(10-14)7-13-8-17(12(3)4)5-6-18-13/h11-13H,5-10,15H2,1-4H3. The van der Waals surface area contributed by atoms with Crippen LogP contribution in [-0.4, -0.2) is 66.8 Å². The Balaban J connectivity index is 1.75. The van der Waals surface area contributed by atoms with E-state index in [9.17, 15) is 0 Å². The highest BCUT2D eigenvalue weighted by Crippen LogP contribution is 2.26. The largest absolute Gasteiger partial charge is 0.374 e. The zero-order chi connectivity index (χ0) is 13.3. The molecule has 0 aromatic heterocycles. The smallest absolute Gasteiger partial charge is 0.0829 e. The molecule has 0 bridgehead atoms. The molecule has 0 amide bonds. The fraction of sp³-hybridized carbons (Fsp3) is 1.00. The minimum absolute atomic E-state index is 0.0341. The van der Waals surface area contributed by atoms with Crippen molar-refractivity contribution in [3.63, 3.8) is 0 Å². The summed E-state index contributed by atoms with van der Waals surface area (Å²) in [4.78, 5) is 4.95. The van der Waals surface area contributed by atoms with Crippen LogP contribution in [0.3, 0.4) is 0 Å². The summed E-state index contributed by atoms with van der Waals surface area (Å²) in [5, 5.41) is 0. The Morgan fingerprint density at radius 2 is 1.94 bits per heavy atom. The first-order valence-electron chi connectivity index (χ1n) is 7.27. The molecule has 2 rings (SSSR count). The SMILES string of the molecule is CC(C)N1CCOC(CN2CC(N)(C(C)C)C2)C1. The van der Waals surface area contributed by atoms with Gasteiger partial charge in [0.05, 0.1) is 12.7 Å². The zero-order valence-corrected chi connectivity index (χ0v) is 12.4. The number of nitrogens with two attached hydrogens (primary N) is 1. The quantitative estimate of drug-likeness (QED) is 0.805. The molecule has 4 heteroatoms. The van der Waals surface area contributed by atoms with Crippen molar-refractivity contribution < 1.29 is 4.74 Å². The van der Waals surface area contributed by atoms with Crippen LogP contribution in [0.1, 0.15) is 27.7 Å². The van der Waals surface area contributed by atoms with Gasteiger partial charge in [0.25, 0.3) is 0 Å². The maximum Gasteiger partial charge on any atom is 0.0829 e. The predicted octanol–water partition coefficient (Wildman–Crippen LogP) is 0.765. The van der Waals surface area contributed by atoms with E-state index in [1.807, 2.05) is 0 Å². The zero-order valence-electron chi connectivity index (χ0n) is 12.4. The van der Waals surface area contributed by atoms with Gasteiger partial charge in [-0.2, -0.15) is 0 Å². The summed E-state index contributed by atoms with van der Waals surface area (Å²) in [6, 6.07) is 0.622. The minimum atomic E-state index is 0.0341. The molecule has 2 aliphatic rings. The number of nitrogens with zero attached hydrogens (tertiary/aromatic N) is 2. The number of rotatable bonds is 4. The van der Waals surface area contributed by atoms with Crippen molar-refractivity contribution in [1.29, 1.82) is 0 Å². The Labute approximate surface area is 111 Å². The fourth-order valence-corrected chi connectivity index (χ4v) is 2.89. The number of likely N-dealkylation sites (tertiary alicyclic amines) is 1. The maximum absolute atomic E-state index is 6.32. The highest BCUT2D eigenvalue weighted by Gasteiger charge is 2.42. The van der Waals surface area contributed by atoms with Gasteiger partial charge < -0.3 is 10.5 Å². The lowest BCUT2D eigenvalue weighted by molar-refractivity contribution is -0.0741. The molecule has 2 saturated heterocycles. The van der Waals surface area contributed by atoms with Gasteiger partial charge in [0.15, 0.2) is 0 Å². The summed E-state index contributed by atoms with van der Waals surface area (Å²) in [6.45, 7) is 15.0. The Bertz CT molecular complexity index is 274. The molecule has 2 fully saturated rings. The van der Waals surface area contributed by atoms with E-state index in [0.717, 1.165) is 39.3 Å². The van der Waals surface area contributed by atoms with Crippen LogP contribution >= 0.6 is 0 Å². The molecule has 0 aromatic carbocycles. The Morgan fingerprint density at radius 1 is 1.28 bits per heavy atom. The van der Waals surface area contributed by atoms with Gasteiger partial charge in [0.1, 0.15) is 0 Å². The molecule has 0 spiro atoms. The molecule has 2 N–H and O–H groups in total. The van der Waals surface area contributed by atoms with Gasteiger partial charge >= 0.3 is 0 Å². The van der Waals surface area contributed by atoms with E-state index < -0.39 is 0 Å². The van der Waals surface area contributed by atoms with Crippen molar-refractivity contribution in [3.05, 3.63) is 0 Å². The van der Waals surface area contributed by atoms with Gasteiger partial charge in [-0.05, 0) is 19.8 Å². The van der Waals surface area contributed by atoms with Crippen LogP contribution in [0.15, 0.2) is 0 Å². The van der Waals surface area contributed by atoms with Gasteiger partial charge in [-0.1, -0.05) is 13.8 Å². The van der Waals surface area contributed by atoms with E-state index in [-0.39, 0.29) is 5.54 Å². The van der Waals surface area contributed by atoms with E-state index in [2.05, 4.69) is 37.5 Å². The molecular weight excluding hydrogens is 226 g/mol. The molecule has 2 aliphatic heterocycles. The Hall–Kier alpha value is -0.160. The lowest BCUT2D eigenvalue weighted by Gasteiger charge is -2.52. The fourth-order valence-electron chi connectivity index (χ4n) is 2.89. The van der Waals surface area contributed by atoms with Crippen molar-refractivity contribution in [2.75, 3.05) is 39.3 Å². The van der Waals surface area contributed by atoms with E-state index >= 15 is 0 Å². The molecular formula is C14H29N3O. The highest BCUT2D eigenvalue weighted by molar-refractivity contribution is 5.02. The third-order valence-corrected chi connectivity index (χ3v) is 4.55. The maximum atomic E-state index is 6.32. The van der Waals surface area contributed by atoms with Gasteiger partial charge in [-0.25, -0.2) is 0 Å². The van der Waals surface area contributed by atoms with Crippen LogP contribution in [0.5, 0.6) is 0 Å². The second-order valence-electron chi connectivity index (χ2n) is 6.64. The van der Waals surface area contributed by atoms with Crippen molar-refractivity contribution in [3.8, 4) is 0 Å². The summed E-state index contributed by atoms with van der Waals surface area (Å²) < 4.78 is 5.87. The summed E-state index contributed by atoms with van der Waals surface area (Å²) in [5.74, 6) is 0.563. The first kappa shape index (κ1) is 14.3. The first-order valence-corrected chi connectivity index (χ1v) is 7.27. The van der Waals surface area contributed by atoms with Crippen LogP contribution in [0, 0.1) is 5.92 Å². The number of hydrogen-bond acceptors (Lipinski definition) is 4. The summed E-state index contributed by atoms with van der Waals surface area (Å²) in [6.07, 6.45) is 0.359. The van der Waals surface area contributed by atoms with Crippen LogP contribution in [-0.2, 0) is 4.74 Å². The van der Waals surface area contributed by atoms with Crippen LogP contribution in [0.2, 0.25) is 0 Å². The average Bonchev–Trinajstić information content (AvgIpc) is 2.26. The van der Waals surface area contributed by atoms with Crippen molar-refractivity contribution in [2.24, 2.45) is 11.7 Å². The van der Waals surface area contributed by atoms with E-state index in [1.165, 1.54) is 0 Å². The van der Waals surface area contributed by atoms with E-state index in [4.69, 9.17) is 10.5 Å². The van der Waals surface area contributed by atoms with Crippen molar-refractivity contribution in [2.45, 2.75) is 45.4 Å². The first-order chi connectivity index (χ1) is 8.40.